The molecule has 1 aliphatic rings. The van der Waals surface area contributed by atoms with Gasteiger partial charge in [0.2, 0.25) is 0 Å². The first-order valence-corrected chi connectivity index (χ1v) is 9.50. The fraction of sp³-hybridized carbons (Fsp3) is 0. The summed E-state index contributed by atoms with van der Waals surface area (Å²) in [6, 6.07) is 18.9. The van der Waals surface area contributed by atoms with Crippen LogP contribution in [0.3, 0.4) is 0 Å². The van der Waals surface area contributed by atoms with Crippen molar-refractivity contribution in [1.82, 2.24) is 0 Å². The molecule has 0 radical (unpaired) electrons. The Kier molecular flexibility index (Phi) is 4.85. The zero-order valence-electron chi connectivity index (χ0n) is 14.3. The molecule has 0 saturated carbocycles. The van der Waals surface area contributed by atoms with E-state index < -0.39 is 5.97 Å². The molecule has 0 unspecified atom stereocenters. The van der Waals surface area contributed by atoms with Gasteiger partial charge in [-0.3, -0.25) is 9.69 Å². The molecule has 2 aromatic carbocycles. The minimum absolute atomic E-state index is 0.0406. The summed E-state index contributed by atoms with van der Waals surface area (Å²) < 4.78 is 6.19. The Morgan fingerprint density at radius 3 is 2.50 bits per heavy atom. The summed E-state index contributed by atoms with van der Waals surface area (Å²) in [5.41, 5.74) is 1.16. The molecule has 4 rings (SSSR count). The van der Waals surface area contributed by atoms with E-state index in [0.29, 0.717) is 32.0 Å². The lowest BCUT2D eigenvalue weighted by molar-refractivity contribution is -0.254. The summed E-state index contributed by atoms with van der Waals surface area (Å²) >= 11 is 6.53. The molecule has 1 aliphatic heterocycles. The number of thiocarbonyl (C=S) groups is 1. The number of furan rings is 1. The van der Waals surface area contributed by atoms with Gasteiger partial charge in [0.15, 0.2) is 4.32 Å². The van der Waals surface area contributed by atoms with E-state index in [2.05, 4.69) is 0 Å². The lowest BCUT2D eigenvalue weighted by Crippen LogP contribution is -2.27. The van der Waals surface area contributed by atoms with Crippen molar-refractivity contribution in [1.29, 1.82) is 0 Å². The van der Waals surface area contributed by atoms with Gasteiger partial charge in [0.1, 0.15) is 11.5 Å². The highest BCUT2D eigenvalue weighted by Gasteiger charge is 2.33. The summed E-state index contributed by atoms with van der Waals surface area (Å²) in [6.07, 6.45) is 1.60. The van der Waals surface area contributed by atoms with E-state index >= 15 is 0 Å². The van der Waals surface area contributed by atoms with E-state index in [9.17, 15) is 14.7 Å². The Bertz CT molecular complexity index is 1120. The van der Waals surface area contributed by atoms with Crippen molar-refractivity contribution in [2.24, 2.45) is 0 Å². The van der Waals surface area contributed by atoms with Crippen LogP contribution in [-0.2, 0) is 4.79 Å². The third kappa shape index (κ3) is 3.37. The number of carbonyl (C=O) groups is 2. The van der Waals surface area contributed by atoms with Crippen LogP contribution in [0.2, 0.25) is 0 Å². The molecule has 0 spiro atoms. The second-order valence-corrected chi connectivity index (χ2v) is 7.56. The number of hydrogen-bond acceptors (Lipinski definition) is 6. The fourth-order valence-corrected chi connectivity index (χ4v) is 4.13. The van der Waals surface area contributed by atoms with Gasteiger partial charge in [-0.05, 0) is 24.3 Å². The molecule has 2 heterocycles. The number of anilines is 1. The predicted octanol–water partition coefficient (Wildman–Crippen LogP) is 3.72. The zero-order chi connectivity index (χ0) is 19.7. The highest BCUT2D eigenvalue weighted by atomic mass is 32.2. The standard InChI is InChI=1S/C21H13NO4S2/c23-19-18(28-21(27)22(19)13-6-2-1-3-7-13)12-14-10-11-17(26-14)15-8-4-5-9-16(15)20(24)25/h1-12H,(H,24,25)/p-1/b18-12+. The Morgan fingerprint density at radius 1 is 1.04 bits per heavy atom. The number of thioether (sulfide) groups is 1. The van der Waals surface area contributed by atoms with E-state index in [1.165, 1.54) is 22.7 Å². The molecule has 0 aliphatic carbocycles. The number of amides is 1. The molecular formula is C21H12NO4S2-. The van der Waals surface area contributed by atoms with Crippen molar-refractivity contribution in [3.8, 4) is 11.3 Å². The number of aromatic carboxylic acids is 1. The first-order valence-electron chi connectivity index (χ1n) is 8.28. The van der Waals surface area contributed by atoms with Gasteiger partial charge < -0.3 is 14.3 Å². The number of nitrogens with zero attached hydrogens (tertiary/aromatic N) is 1. The summed E-state index contributed by atoms with van der Waals surface area (Å²) in [6.45, 7) is 0. The van der Waals surface area contributed by atoms with Crippen LogP contribution >= 0.6 is 24.0 Å². The average Bonchev–Trinajstić information content (AvgIpc) is 3.27. The highest BCUT2D eigenvalue weighted by Crippen LogP contribution is 2.36. The molecule has 1 saturated heterocycles. The quantitative estimate of drug-likeness (QED) is 0.486. The van der Waals surface area contributed by atoms with E-state index in [4.69, 9.17) is 16.6 Å². The molecule has 1 amide bonds. The summed E-state index contributed by atoms with van der Waals surface area (Å²) in [5.74, 6) is -0.701. The number of carbonyl (C=O) groups excluding carboxylic acids is 2. The lowest BCUT2D eigenvalue weighted by Gasteiger charge is -2.13. The maximum atomic E-state index is 12.8. The topological polar surface area (TPSA) is 73.6 Å². The molecule has 0 atom stereocenters. The van der Waals surface area contributed by atoms with Crippen molar-refractivity contribution < 1.29 is 19.1 Å². The van der Waals surface area contributed by atoms with Crippen LogP contribution in [0.25, 0.3) is 17.4 Å². The van der Waals surface area contributed by atoms with Gasteiger partial charge in [-0.25, -0.2) is 0 Å². The summed E-state index contributed by atoms with van der Waals surface area (Å²) in [4.78, 5) is 26.0. The summed E-state index contributed by atoms with van der Waals surface area (Å²) in [5, 5.41) is 11.3. The fourth-order valence-electron chi connectivity index (χ4n) is 2.85. The maximum absolute atomic E-state index is 12.8. The van der Waals surface area contributed by atoms with Gasteiger partial charge in [-0.15, -0.1) is 0 Å². The molecule has 1 aromatic heterocycles. The monoisotopic (exact) mass is 406 g/mol. The van der Waals surface area contributed by atoms with Gasteiger partial charge in [-0.1, -0.05) is 66.4 Å². The van der Waals surface area contributed by atoms with Gasteiger partial charge >= 0.3 is 0 Å². The first-order chi connectivity index (χ1) is 13.5. The number of carboxylic acid groups (broad SMARTS) is 1. The Labute approximate surface area is 170 Å². The van der Waals surface area contributed by atoms with Crippen LogP contribution in [0.5, 0.6) is 0 Å². The molecule has 138 valence electrons. The smallest absolute Gasteiger partial charge is 0.270 e. The Hall–Kier alpha value is -3.16. The minimum Gasteiger partial charge on any atom is -0.545 e. The van der Waals surface area contributed by atoms with E-state index in [1.54, 1.807) is 36.4 Å². The molecule has 0 bridgehead atoms. The number of benzene rings is 2. The molecule has 28 heavy (non-hydrogen) atoms. The number of rotatable bonds is 4. The summed E-state index contributed by atoms with van der Waals surface area (Å²) in [7, 11) is 0. The van der Waals surface area contributed by atoms with Gasteiger partial charge in [-0.2, -0.15) is 0 Å². The van der Waals surface area contributed by atoms with Crippen LogP contribution in [0, 0.1) is 0 Å². The predicted molar refractivity (Wildman–Crippen MR) is 111 cm³/mol. The molecular weight excluding hydrogens is 394 g/mol. The van der Waals surface area contributed by atoms with Crippen molar-refractivity contribution in [2.75, 3.05) is 4.90 Å². The average molecular weight is 406 g/mol. The molecule has 7 heteroatoms. The van der Waals surface area contributed by atoms with Gasteiger partial charge in [0, 0.05) is 17.2 Å². The van der Waals surface area contributed by atoms with Crippen LogP contribution in [-0.4, -0.2) is 16.2 Å². The SMILES string of the molecule is O=C([O-])c1ccccc1-c1ccc(/C=C2/SC(=S)N(c3ccccc3)C2=O)o1. The van der Waals surface area contributed by atoms with Crippen LogP contribution in [0.4, 0.5) is 5.69 Å². The normalized spacial score (nSPS) is 15.4. The third-order valence-electron chi connectivity index (χ3n) is 4.12. The largest absolute Gasteiger partial charge is 0.545 e. The molecule has 5 nitrogen and oxygen atoms in total. The minimum atomic E-state index is -1.28. The molecule has 3 aromatic rings. The van der Waals surface area contributed by atoms with Gasteiger partial charge in [0.05, 0.1) is 16.6 Å². The van der Waals surface area contributed by atoms with Crippen molar-refractivity contribution in [2.45, 2.75) is 0 Å². The van der Waals surface area contributed by atoms with Crippen LogP contribution < -0.4 is 10.0 Å². The Morgan fingerprint density at radius 2 is 1.75 bits per heavy atom. The van der Waals surface area contributed by atoms with Gasteiger partial charge in [0.25, 0.3) is 5.91 Å². The maximum Gasteiger partial charge on any atom is 0.270 e. The van der Waals surface area contributed by atoms with E-state index in [0.717, 1.165) is 0 Å². The Balaban J connectivity index is 1.64. The van der Waals surface area contributed by atoms with E-state index in [-0.39, 0.29) is 11.5 Å². The first kappa shape index (κ1) is 18.2. The second kappa shape index (κ2) is 7.46. The number of para-hydroxylation sites is 1. The van der Waals surface area contributed by atoms with Crippen LogP contribution in [0.1, 0.15) is 16.1 Å². The van der Waals surface area contributed by atoms with Crippen molar-refractivity contribution in [3.63, 3.8) is 0 Å². The third-order valence-corrected chi connectivity index (χ3v) is 5.42. The highest BCUT2D eigenvalue weighted by molar-refractivity contribution is 8.27. The van der Waals surface area contributed by atoms with Crippen molar-refractivity contribution >= 4 is 51.9 Å². The molecule has 0 N–H and O–H groups in total. The number of carboxylic acids is 1. The van der Waals surface area contributed by atoms with Crippen LogP contribution in [0.15, 0.2) is 76.1 Å². The zero-order valence-corrected chi connectivity index (χ0v) is 16.0. The number of hydrogen-bond donors (Lipinski definition) is 0. The lowest BCUT2D eigenvalue weighted by atomic mass is 10.1. The molecule has 1 fully saturated rings. The van der Waals surface area contributed by atoms with Crippen molar-refractivity contribution in [3.05, 3.63) is 83.0 Å². The van der Waals surface area contributed by atoms with E-state index in [1.807, 2.05) is 30.3 Å². The second-order valence-electron chi connectivity index (χ2n) is 5.89.